The molecule has 126 valence electrons. The molecule has 1 aromatic carbocycles. The van der Waals surface area contributed by atoms with E-state index in [1.807, 2.05) is 0 Å². The first-order valence-corrected chi connectivity index (χ1v) is 7.32. The van der Waals surface area contributed by atoms with Gasteiger partial charge in [0.05, 0.1) is 18.0 Å². The third-order valence-corrected chi connectivity index (χ3v) is 4.31. The number of nitro groups is 1. The van der Waals surface area contributed by atoms with Crippen LogP contribution in [0.5, 0.6) is 0 Å². The lowest BCUT2D eigenvalue weighted by molar-refractivity contribution is -0.387. The molecule has 11 heteroatoms. The lowest BCUT2D eigenvalue weighted by atomic mass is 10.1. The Morgan fingerprint density at radius 2 is 1.82 bits per heavy atom. The SMILES string of the molecule is Cc1cc([N+](=O)[O-])c(S(=O)(=O)NCC(F)(F)CN)cc1C.Cl. The molecular formula is C11H16ClF2N3O4S. The van der Waals surface area contributed by atoms with E-state index < -0.39 is 44.5 Å². The van der Waals surface area contributed by atoms with Crippen molar-refractivity contribution in [3.63, 3.8) is 0 Å². The van der Waals surface area contributed by atoms with Crippen LogP contribution in [0.15, 0.2) is 17.0 Å². The van der Waals surface area contributed by atoms with E-state index in [-0.39, 0.29) is 12.4 Å². The summed E-state index contributed by atoms with van der Waals surface area (Å²) in [6.07, 6.45) is 0. The summed E-state index contributed by atoms with van der Waals surface area (Å²) in [4.78, 5) is 9.41. The monoisotopic (exact) mass is 359 g/mol. The smallest absolute Gasteiger partial charge is 0.289 e. The highest BCUT2D eigenvalue weighted by Crippen LogP contribution is 2.27. The van der Waals surface area contributed by atoms with Crippen LogP contribution >= 0.6 is 12.4 Å². The second kappa shape index (κ2) is 7.27. The predicted molar refractivity (Wildman–Crippen MR) is 79.0 cm³/mol. The zero-order valence-electron chi connectivity index (χ0n) is 11.8. The van der Waals surface area contributed by atoms with Gasteiger partial charge in [-0.1, -0.05) is 0 Å². The molecule has 0 aliphatic heterocycles. The number of nitro benzene ring substituents is 1. The molecule has 7 nitrogen and oxygen atoms in total. The van der Waals surface area contributed by atoms with E-state index in [4.69, 9.17) is 5.73 Å². The molecule has 22 heavy (non-hydrogen) atoms. The molecule has 0 saturated heterocycles. The van der Waals surface area contributed by atoms with Gasteiger partial charge in [0.25, 0.3) is 11.6 Å². The van der Waals surface area contributed by atoms with Crippen molar-refractivity contribution in [2.24, 2.45) is 5.73 Å². The molecule has 3 N–H and O–H groups in total. The maximum Gasteiger partial charge on any atom is 0.289 e. The summed E-state index contributed by atoms with van der Waals surface area (Å²) in [5.41, 5.74) is 5.15. The minimum Gasteiger partial charge on any atom is -0.325 e. The first kappa shape index (κ1) is 20.6. The maximum absolute atomic E-state index is 13.0. The van der Waals surface area contributed by atoms with Gasteiger partial charge < -0.3 is 5.73 Å². The fraction of sp³-hybridized carbons (Fsp3) is 0.455. The van der Waals surface area contributed by atoms with Gasteiger partial charge in [-0.05, 0) is 31.0 Å². The van der Waals surface area contributed by atoms with Gasteiger partial charge in [-0.2, -0.15) is 0 Å². The van der Waals surface area contributed by atoms with Crippen LogP contribution in [-0.2, 0) is 10.0 Å². The lowest BCUT2D eigenvalue weighted by Crippen LogP contribution is -2.41. The molecular weight excluding hydrogens is 344 g/mol. The van der Waals surface area contributed by atoms with Crippen molar-refractivity contribution in [2.45, 2.75) is 24.7 Å². The van der Waals surface area contributed by atoms with Gasteiger partial charge in [0, 0.05) is 6.07 Å². The van der Waals surface area contributed by atoms with Crippen molar-refractivity contribution in [3.05, 3.63) is 33.4 Å². The molecule has 0 amide bonds. The van der Waals surface area contributed by atoms with E-state index in [9.17, 15) is 27.3 Å². The quantitative estimate of drug-likeness (QED) is 0.590. The van der Waals surface area contributed by atoms with Crippen molar-refractivity contribution in [3.8, 4) is 0 Å². The predicted octanol–water partition coefficient (Wildman–Crippen LogP) is 1.51. The number of nitrogens with two attached hydrogens (primary N) is 1. The molecule has 0 bridgehead atoms. The highest BCUT2D eigenvalue weighted by atomic mass is 35.5. The third-order valence-electron chi connectivity index (χ3n) is 2.88. The number of hydrogen-bond acceptors (Lipinski definition) is 5. The minimum atomic E-state index is -4.45. The number of nitrogens with one attached hydrogen (secondary N) is 1. The molecule has 0 aliphatic carbocycles. The molecule has 0 atom stereocenters. The third kappa shape index (κ3) is 4.83. The summed E-state index contributed by atoms with van der Waals surface area (Å²) in [7, 11) is -4.45. The standard InChI is InChI=1S/C11H15F2N3O4S.ClH/c1-7-3-9(16(17)18)10(4-8(7)2)21(19,20)15-6-11(12,13)5-14;/h3-4,15H,5-6,14H2,1-2H3;1H. The fourth-order valence-electron chi connectivity index (χ4n) is 1.48. The Labute approximate surface area is 132 Å². The van der Waals surface area contributed by atoms with E-state index in [1.54, 1.807) is 18.6 Å². The van der Waals surface area contributed by atoms with Crippen LogP contribution in [0.4, 0.5) is 14.5 Å². The minimum absolute atomic E-state index is 0. The van der Waals surface area contributed by atoms with Crippen LogP contribution in [0.3, 0.4) is 0 Å². The van der Waals surface area contributed by atoms with Crippen molar-refractivity contribution in [1.82, 2.24) is 4.72 Å². The average Bonchev–Trinajstić information content (AvgIpc) is 2.39. The summed E-state index contributed by atoms with van der Waals surface area (Å²) in [5.74, 6) is -3.43. The van der Waals surface area contributed by atoms with E-state index >= 15 is 0 Å². The summed E-state index contributed by atoms with van der Waals surface area (Å²) in [6.45, 7) is 0.877. The average molecular weight is 360 g/mol. The highest BCUT2D eigenvalue weighted by Gasteiger charge is 2.32. The Hall–Kier alpha value is -1.36. The zero-order valence-corrected chi connectivity index (χ0v) is 13.4. The first-order valence-electron chi connectivity index (χ1n) is 5.83. The maximum atomic E-state index is 13.0. The Kier molecular flexibility index (Phi) is 6.82. The second-order valence-corrected chi connectivity index (χ2v) is 6.28. The summed E-state index contributed by atoms with van der Waals surface area (Å²) in [5, 5.41) is 10.9. The Bertz CT molecular complexity index is 668. The van der Waals surface area contributed by atoms with Crippen LogP contribution in [0.1, 0.15) is 11.1 Å². The number of nitrogens with zero attached hydrogens (tertiary/aromatic N) is 1. The van der Waals surface area contributed by atoms with Gasteiger partial charge in [0.15, 0.2) is 4.90 Å². The zero-order chi connectivity index (χ0) is 16.4. The molecule has 0 heterocycles. The molecule has 0 unspecified atom stereocenters. The normalized spacial score (nSPS) is 11.9. The van der Waals surface area contributed by atoms with Gasteiger partial charge in [0.2, 0.25) is 10.0 Å². The molecule has 0 fully saturated rings. The Morgan fingerprint density at radius 3 is 2.27 bits per heavy atom. The number of sulfonamides is 1. The van der Waals surface area contributed by atoms with E-state index in [1.165, 1.54) is 0 Å². The number of alkyl halides is 2. The molecule has 1 rings (SSSR count). The molecule has 0 spiro atoms. The van der Waals surface area contributed by atoms with Crippen molar-refractivity contribution in [2.75, 3.05) is 13.1 Å². The van der Waals surface area contributed by atoms with Crippen LogP contribution in [0.2, 0.25) is 0 Å². The number of halogens is 3. The fourth-order valence-corrected chi connectivity index (χ4v) is 2.78. The highest BCUT2D eigenvalue weighted by molar-refractivity contribution is 7.89. The van der Waals surface area contributed by atoms with Gasteiger partial charge in [-0.15, -0.1) is 12.4 Å². The van der Waals surface area contributed by atoms with Crippen LogP contribution in [0, 0.1) is 24.0 Å². The Balaban J connectivity index is 0.00000441. The van der Waals surface area contributed by atoms with E-state index in [2.05, 4.69) is 0 Å². The molecule has 0 aliphatic rings. The van der Waals surface area contributed by atoms with E-state index in [0.717, 1.165) is 12.1 Å². The molecule has 0 saturated carbocycles. The van der Waals surface area contributed by atoms with Crippen LogP contribution < -0.4 is 10.5 Å². The molecule has 0 aromatic heterocycles. The first-order chi connectivity index (χ1) is 9.50. The van der Waals surface area contributed by atoms with Crippen LogP contribution in [-0.4, -0.2) is 32.4 Å². The van der Waals surface area contributed by atoms with Gasteiger partial charge in [-0.25, -0.2) is 21.9 Å². The molecule has 1 aromatic rings. The van der Waals surface area contributed by atoms with Gasteiger partial charge >= 0.3 is 0 Å². The summed E-state index contributed by atoms with van der Waals surface area (Å²) >= 11 is 0. The van der Waals surface area contributed by atoms with Crippen molar-refractivity contribution in [1.29, 1.82) is 0 Å². The second-order valence-electron chi connectivity index (χ2n) is 4.55. The number of hydrogen-bond donors (Lipinski definition) is 2. The van der Waals surface area contributed by atoms with Gasteiger partial charge in [0.1, 0.15) is 0 Å². The summed E-state index contributed by atoms with van der Waals surface area (Å²) < 4.78 is 51.7. The van der Waals surface area contributed by atoms with E-state index in [0.29, 0.717) is 11.1 Å². The topological polar surface area (TPSA) is 115 Å². The number of aryl methyl sites for hydroxylation is 2. The summed E-state index contributed by atoms with van der Waals surface area (Å²) in [6, 6.07) is 2.17. The largest absolute Gasteiger partial charge is 0.325 e. The number of rotatable bonds is 6. The van der Waals surface area contributed by atoms with Crippen molar-refractivity contribution < 1.29 is 22.1 Å². The number of benzene rings is 1. The molecule has 0 radical (unpaired) electrons. The van der Waals surface area contributed by atoms with Gasteiger partial charge in [-0.3, -0.25) is 10.1 Å². The van der Waals surface area contributed by atoms with Crippen molar-refractivity contribution >= 4 is 28.1 Å². The lowest BCUT2D eigenvalue weighted by Gasteiger charge is -2.15. The Morgan fingerprint density at radius 1 is 1.32 bits per heavy atom. The van der Waals surface area contributed by atoms with Crippen LogP contribution in [0.25, 0.3) is 0 Å².